The highest BCUT2D eigenvalue weighted by molar-refractivity contribution is 7.73. The average molecular weight is 279 g/mol. The van der Waals surface area contributed by atoms with Gasteiger partial charge in [-0.25, -0.2) is 4.98 Å². The summed E-state index contributed by atoms with van der Waals surface area (Å²) in [6, 6.07) is 3.50. The highest BCUT2D eigenvalue weighted by Crippen LogP contribution is 2.21. The van der Waals surface area contributed by atoms with Crippen LogP contribution in [-0.4, -0.2) is 14.5 Å². The van der Waals surface area contributed by atoms with Gasteiger partial charge in [-0.05, 0) is 31.3 Å². The van der Waals surface area contributed by atoms with Crippen molar-refractivity contribution < 1.29 is 4.42 Å². The Morgan fingerprint density at radius 3 is 3.11 bits per heavy atom. The molecule has 3 aromatic heterocycles. The van der Waals surface area contributed by atoms with E-state index in [4.69, 9.17) is 16.6 Å². The van der Waals surface area contributed by atoms with Crippen molar-refractivity contribution in [2.45, 2.75) is 13.5 Å². The number of hydrogen-bond acceptors (Lipinski definition) is 5. The lowest BCUT2D eigenvalue weighted by Gasteiger charge is -2.00. The second-order valence-electron chi connectivity index (χ2n) is 3.66. The summed E-state index contributed by atoms with van der Waals surface area (Å²) in [4.78, 5) is 19.1. The van der Waals surface area contributed by atoms with E-state index in [1.807, 2.05) is 11.5 Å². The second-order valence-corrected chi connectivity index (χ2v) is 5.30. The molecule has 0 saturated carbocycles. The smallest absolute Gasteiger partial charge is 0.270 e. The van der Waals surface area contributed by atoms with Gasteiger partial charge in [-0.1, -0.05) is 11.3 Å². The number of nitrogens with one attached hydrogen (secondary N) is 1. The molecule has 92 valence electrons. The van der Waals surface area contributed by atoms with Gasteiger partial charge in [-0.3, -0.25) is 4.79 Å². The number of aromatic amines is 1. The fraction of sp³-hybridized carbons (Fsp3) is 0.182. The number of thiazole rings is 1. The number of fused-ring (bicyclic) bond motifs is 1. The largest absolute Gasteiger partial charge is 0.461 e. The van der Waals surface area contributed by atoms with Crippen molar-refractivity contribution in [2.75, 3.05) is 0 Å². The Balaban J connectivity index is 2.39. The number of nitrogens with zero attached hydrogens (tertiary/aromatic N) is 2. The zero-order chi connectivity index (χ0) is 12.7. The quantitative estimate of drug-likeness (QED) is 0.733. The molecule has 1 N–H and O–H groups in total. The van der Waals surface area contributed by atoms with Crippen LogP contribution in [0.1, 0.15) is 6.92 Å². The van der Waals surface area contributed by atoms with Crippen molar-refractivity contribution in [3.05, 3.63) is 32.7 Å². The third-order valence-corrected chi connectivity index (χ3v) is 4.03. The number of hydrogen-bond donors (Lipinski definition) is 1. The van der Waals surface area contributed by atoms with E-state index in [9.17, 15) is 4.79 Å². The minimum Gasteiger partial charge on any atom is -0.461 e. The molecule has 18 heavy (non-hydrogen) atoms. The predicted molar refractivity (Wildman–Crippen MR) is 72.4 cm³/mol. The third kappa shape index (κ3) is 1.63. The molecule has 3 aromatic rings. The van der Waals surface area contributed by atoms with Crippen LogP contribution in [0.25, 0.3) is 21.9 Å². The van der Waals surface area contributed by atoms with E-state index in [2.05, 4.69) is 9.97 Å². The fourth-order valence-electron chi connectivity index (χ4n) is 1.76. The second kappa shape index (κ2) is 4.18. The first-order valence-electron chi connectivity index (χ1n) is 5.38. The Morgan fingerprint density at radius 2 is 2.44 bits per heavy atom. The monoisotopic (exact) mass is 279 g/mol. The summed E-state index contributed by atoms with van der Waals surface area (Å²) in [6.45, 7) is 2.66. The molecule has 0 aromatic carbocycles. The van der Waals surface area contributed by atoms with Gasteiger partial charge in [0.05, 0.1) is 6.26 Å². The van der Waals surface area contributed by atoms with E-state index in [1.165, 1.54) is 11.3 Å². The molecule has 5 nitrogen and oxygen atoms in total. The third-order valence-electron chi connectivity index (χ3n) is 2.60. The van der Waals surface area contributed by atoms with Crippen LogP contribution in [0.2, 0.25) is 0 Å². The summed E-state index contributed by atoms with van der Waals surface area (Å²) < 4.78 is 8.29. The van der Waals surface area contributed by atoms with Gasteiger partial charge in [0.1, 0.15) is 4.70 Å². The standard InChI is InChI=1S/C11H9N3O2S2/c1-2-14-9-7(18-11(14)17)10(15)13-8(12-9)6-4-3-5-16-6/h3-5H,2H2,1H3,(H,12,13,15). The highest BCUT2D eigenvalue weighted by Gasteiger charge is 2.13. The molecule has 0 radical (unpaired) electrons. The lowest BCUT2D eigenvalue weighted by atomic mass is 10.4. The molecule has 3 heterocycles. The molecular weight excluding hydrogens is 270 g/mol. The fourth-order valence-corrected chi connectivity index (χ4v) is 3.12. The van der Waals surface area contributed by atoms with Crippen molar-refractivity contribution in [3.8, 4) is 11.6 Å². The molecule has 0 aliphatic heterocycles. The van der Waals surface area contributed by atoms with E-state index in [0.717, 1.165) is 0 Å². The molecule has 0 bridgehead atoms. The highest BCUT2D eigenvalue weighted by atomic mass is 32.1. The van der Waals surface area contributed by atoms with Crippen molar-refractivity contribution in [2.24, 2.45) is 0 Å². The average Bonchev–Trinajstić information content (AvgIpc) is 2.95. The van der Waals surface area contributed by atoms with Crippen LogP contribution in [0.4, 0.5) is 0 Å². The van der Waals surface area contributed by atoms with Crippen LogP contribution in [0.5, 0.6) is 0 Å². The summed E-state index contributed by atoms with van der Waals surface area (Å²) in [6.07, 6.45) is 1.54. The van der Waals surface area contributed by atoms with Gasteiger partial charge in [0.15, 0.2) is 21.2 Å². The molecule has 7 heteroatoms. The maximum Gasteiger partial charge on any atom is 0.270 e. The van der Waals surface area contributed by atoms with E-state index < -0.39 is 0 Å². The number of aromatic nitrogens is 3. The maximum atomic E-state index is 12.0. The molecule has 0 aliphatic rings. The van der Waals surface area contributed by atoms with Crippen molar-refractivity contribution in [3.63, 3.8) is 0 Å². The molecule has 0 fully saturated rings. The van der Waals surface area contributed by atoms with Crippen molar-refractivity contribution in [1.29, 1.82) is 0 Å². The molecule has 0 unspecified atom stereocenters. The topological polar surface area (TPSA) is 63.8 Å². The van der Waals surface area contributed by atoms with Crippen LogP contribution in [0, 0.1) is 3.95 Å². The SMILES string of the molecule is CCn1c(=S)sc2c(=O)[nH]c(-c3ccco3)nc21. The zero-order valence-electron chi connectivity index (χ0n) is 9.47. The van der Waals surface area contributed by atoms with E-state index in [1.54, 1.807) is 18.4 Å². The van der Waals surface area contributed by atoms with Crippen molar-refractivity contribution >= 4 is 33.9 Å². The molecular formula is C11H9N3O2S2. The van der Waals surface area contributed by atoms with Gasteiger partial charge in [0.2, 0.25) is 0 Å². The summed E-state index contributed by atoms with van der Waals surface area (Å²) in [5.74, 6) is 0.960. The lowest BCUT2D eigenvalue weighted by Crippen LogP contribution is -2.09. The molecule has 0 amide bonds. The van der Waals surface area contributed by atoms with E-state index in [0.29, 0.717) is 32.4 Å². The van der Waals surface area contributed by atoms with Gasteiger partial charge in [0.25, 0.3) is 5.56 Å². The van der Waals surface area contributed by atoms with Gasteiger partial charge in [-0.2, -0.15) is 0 Å². The van der Waals surface area contributed by atoms with Crippen LogP contribution in [-0.2, 0) is 6.54 Å². The minimum absolute atomic E-state index is 0.185. The van der Waals surface area contributed by atoms with E-state index >= 15 is 0 Å². The summed E-state index contributed by atoms with van der Waals surface area (Å²) in [5.41, 5.74) is 0.428. The molecule has 0 spiro atoms. The molecule has 0 atom stereocenters. The van der Waals surface area contributed by atoms with Crippen LogP contribution < -0.4 is 5.56 Å². The normalized spacial score (nSPS) is 11.2. The van der Waals surface area contributed by atoms with Crippen LogP contribution in [0.3, 0.4) is 0 Å². The Morgan fingerprint density at radius 1 is 1.61 bits per heavy atom. The first-order valence-corrected chi connectivity index (χ1v) is 6.60. The summed E-state index contributed by atoms with van der Waals surface area (Å²) in [7, 11) is 0. The number of H-pyrrole nitrogens is 1. The Labute approximate surface area is 111 Å². The lowest BCUT2D eigenvalue weighted by molar-refractivity contribution is 0.577. The summed E-state index contributed by atoms with van der Waals surface area (Å²) in [5, 5.41) is 0. The van der Waals surface area contributed by atoms with Crippen molar-refractivity contribution in [1.82, 2.24) is 14.5 Å². The van der Waals surface area contributed by atoms with E-state index in [-0.39, 0.29) is 5.56 Å². The molecule has 3 rings (SSSR count). The number of furan rings is 1. The molecule has 0 aliphatic carbocycles. The van der Waals surface area contributed by atoms with Gasteiger partial charge in [-0.15, -0.1) is 0 Å². The Kier molecular flexibility index (Phi) is 2.64. The summed E-state index contributed by atoms with van der Waals surface area (Å²) >= 11 is 6.50. The first-order chi connectivity index (χ1) is 8.70. The van der Waals surface area contributed by atoms with Gasteiger partial charge >= 0.3 is 0 Å². The van der Waals surface area contributed by atoms with Crippen LogP contribution >= 0.6 is 23.6 Å². The molecule has 0 saturated heterocycles. The number of rotatable bonds is 2. The van der Waals surface area contributed by atoms with Gasteiger partial charge in [0, 0.05) is 6.54 Å². The Bertz CT molecular complexity index is 811. The first kappa shape index (κ1) is 11.4. The van der Waals surface area contributed by atoms with Crippen LogP contribution in [0.15, 0.2) is 27.6 Å². The zero-order valence-corrected chi connectivity index (χ0v) is 11.1. The van der Waals surface area contributed by atoms with Gasteiger partial charge < -0.3 is 14.0 Å². The minimum atomic E-state index is -0.185. The number of aryl methyl sites for hydroxylation is 1. The predicted octanol–water partition coefficient (Wildman–Crippen LogP) is 2.80. The Hall–Kier alpha value is -1.73. The maximum absolute atomic E-state index is 12.0.